The van der Waals surface area contributed by atoms with Crippen molar-refractivity contribution in [3.05, 3.63) is 76.2 Å². The second kappa shape index (κ2) is 5.07. The molecule has 1 N–H and O–H groups in total. The van der Waals surface area contributed by atoms with E-state index in [1.165, 1.54) is 6.07 Å². The molecule has 3 nitrogen and oxygen atoms in total. The highest BCUT2D eigenvalue weighted by Crippen LogP contribution is 2.38. The number of benzene rings is 2. The van der Waals surface area contributed by atoms with Gasteiger partial charge in [0.25, 0.3) is 0 Å². The van der Waals surface area contributed by atoms with E-state index in [0.29, 0.717) is 17.0 Å². The number of allylic oxidation sites excluding steroid dienone is 1. The zero-order valence-corrected chi connectivity index (χ0v) is 12.2. The normalized spacial score (nSPS) is 13.1. The average Bonchev–Trinajstić information content (AvgIpc) is 2.92. The molecule has 0 saturated heterocycles. The summed E-state index contributed by atoms with van der Waals surface area (Å²) < 4.78 is 14.2. The van der Waals surface area contributed by atoms with E-state index in [1.807, 2.05) is 30.3 Å². The van der Waals surface area contributed by atoms with E-state index in [9.17, 15) is 4.39 Å². The van der Waals surface area contributed by atoms with Crippen molar-refractivity contribution in [2.45, 2.75) is 6.42 Å². The Morgan fingerprint density at radius 3 is 2.73 bits per heavy atom. The molecule has 1 heterocycles. The Kier molecular flexibility index (Phi) is 3.05. The Bertz CT molecular complexity index is 898. The summed E-state index contributed by atoms with van der Waals surface area (Å²) in [4.78, 5) is 0. The third-order valence-corrected chi connectivity index (χ3v) is 4.05. The van der Waals surface area contributed by atoms with Crippen LogP contribution in [0.1, 0.15) is 16.8 Å². The lowest BCUT2D eigenvalue weighted by molar-refractivity contribution is 0.624. The molecule has 0 unspecified atom stereocenters. The van der Waals surface area contributed by atoms with Gasteiger partial charge in [0.2, 0.25) is 0 Å². The van der Waals surface area contributed by atoms with Gasteiger partial charge in [-0.25, -0.2) is 4.39 Å². The lowest BCUT2D eigenvalue weighted by Gasteiger charge is -2.12. The van der Waals surface area contributed by atoms with E-state index >= 15 is 0 Å². The van der Waals surface area contributed by atoms with Crippen LogP contribution in [0.25, 0.3) is 16.8 Å². The predicted octanol–water partition coefficient (Wildman–Crippen LogP) is 4.25. The molecule has 0 amide bonds. The van der Waals surface area contributed by atoms with E-state index in [0.717, 1.165) is 28.1 Å². The maximum absolute atomic E-state index is 14.2. The minimum atomic E-state index is -0.256. The molecule has 5 heteroatoms. The van der Waals surface area contributed by atoms with Gasteiger partial charge in [-0.3, -0.25) is 0 Å². The molecule has 0 atom stereocenters. The number of H-pyrrole nitrogens is 1. The molecule has 4 rings (SSSR count). The van der Waals surface area contributed by atoms with Crippen molar-refractivity contribution < 1.29 is 4.39 Å². The maximum atomic E-state index is 14.2. The molecule has 0 fully saturated rings. The summed E-state index contributed by atoms with van der Waals surface area (Å²) in [6, 6.07) is 12.3. The van der Waals surface area contributed by atoms with Crippen molar-refractivity contribution in [3.8, 4) is 11.3 Å². The molecule has 22 heavy (non-hydrogen) atoms. The molecule has 1 aromatic heterocycles. The molecule has 1 aliphatic rings. The van der Waals surface area contributed by atoms with Crippen LogP contribution < -0.4 is 0 Å². The Hall–Kier alpha value is -2.46. The summed E-state index contributed by atoms with van der Waals surface area (Å²) in [6.07, 6.45) is 2.56. The first kappa shape index (κ1) is 13.2. The van der Waals surface area contributed by atoms with Gasteiger partial charge in [0.05, 0.1) is 5.69 Å². The van der Waals surface area contributed by atoms with Crippen molar-refractivity contribution in [1.29, 1.82) is 0 Å². The minimum Gasteiger partial charge on any atom is -0.206 e. The number of nitrogens with zero attached hydrogens (tertiary/aromatic N) is 2. The Morgan fingerprint density at radius 2 is 1.86 bits per heavy atom. The van der Waals surface area contributed by atoms with E-state index in [-0.39, 0.29) is 5.82 Å². The molecular weight excluding hydrogens is 301 g/mol. The summed E-state index contributed by atoms with van der Waals surface area (Å²) in [7, 11) is 0. The molecule has 0 aliphatic heterocycles. The fourth-order valence-corrected chi connectivity index (χ4v) is 2.97. The average molecular weight is 312 g/mol. The van der Waals surface area contributed by atoms with Crippen LogP contribution in [0.2, 0.25) is 5.02 Å². The maximum Gasteiger partial charge on any atom is 0.131 e. The van der Waals surface area contributed by atoms with Crippen molar-refractivity contribution in [2.75, 3.05) is 0 Å². The molecule has 0 bridgehead atoms. The first-order valence-corrected chi connectivity index (χ1v) is 7.27. The van der Waals surface area contributed by atoms with Gasteiger partial charge in [0.1, 0.15) is 11.5 Å². The van der Waals surface area contributed by atoms with E-state index < -0.39 is 0 Å². The lowest BCUT2D eigenvalue weighted by Crippen LogP contribution is -1.94. The zero-order chi connectivity index (χ0) is 15.1. The highest BCUT2D eigenvalue weighted by molar-refractivity contribution is 6.31. The standard InChI is InChI=1S/C17H11ClFN3/c18-10-5-6-13-14(9-10)11(12-3-1-2-4-15(12)19)7-8-16-17(13)21-22-20-16/h1-7,9H,8H2,(H,20,21,22). The molecule has 3 aromatic rings. The number of nitrogens with one attached hydrogen (secondary N) is 1. The quantitative estimate of drug-likeness (QED) is 0.730. The van der Waals surface area contributed by atoms with Crippen LogP contribution >= 0.6 is 11.6 Å². The topological polar surface area (TPSA) is 41.6 Å². The SMILES string of the molecule is Fc1ccccc1C1=CCc2n[nH]nc2-c2ccc(Cl)cc21. The van der Waals surface area contributed by atoms with Crippen molar-refractivity contribution in [2.24, 2.45) is 0 Å². The molecule has 0 spiro atoms. The minimum absolute atomic E-state index is 0.256. The highest BCUT2D eigenvalue weighted by atomic mass is 35.5. The van der Waals surface area contributed by atoms with Gasteiger partial charge in [0, 0.05) is 22.6 Å². The van der Waals surface area contributed by atoms with E-state index in [4.69, 9.17) is 11.6 Å². The second-order valence-electron chi connectivity index (χ2n) is 5.11. The molecule has 108 valence electrons. The van der Waals surface area contributed by atoms with Crippen LogP contribution in [0.3, 0.4) is 0 Å². The van der Waals surface area contributed by atoms with Crippen LogP contribution in [0.5, 0.6) is 0 Å². The molecule has 0 radical (unpaired) electrons. The number of aromatic amines is 1. The fraction of sp³-hybridized carbons (Fsp3) is 0.0588. The summed E-state index contributed by atoms with van der Waals surface area (Å²) >= 11 is 6.16. The summed E-state index contributed by atoms with van der Waals surface area (Å²) in [6.45, 7) is 0. The largest absolute Gasteiger partial charge is 0.206 e. The van der Waals surface area contributed by atoms with Gasteiger partial charge in [-0.2, -0.15) is 15.4 Å². The number of rotatable bonds is 1. The van der Waals surface area contributed by atoms with Crippen molar-refractivity contribution in [3.63, 3.8) is 0 Å². The number of hydrogen-bond donors (Lipinski definition) is 1. The molecule has 1 aliphatic carbocycles. The number of fused-ring (bicyclic) bond motifs is 3. The Balaban J connectivity index is 2.01. The van der Waals surface area contributed by atoms with Crippen LogP contribution in [-0.4, -0.2) is 15.4 Å². The van der Waals surface area contributed by atoms with Crippen LogP contribution in [0.4, 0.5) is 4.39 Å². The number of hydrogen-bond acceptors (Lipinski definition) is 2. The summed E-state index contributed by atoms with van der Waals surface area (Å²) in [5, 5.41) is 11.7. The van der Waals surface area contributed by atoms with Gasteiger partial charge in [-0.15, -0.1) is 0 Å². The van der Waals surface area contributed by atoms with E-state index in [2.05, 4.69) is 15.4 Å². The zero-order valence-electron chi connectivity index (χ0n) is 11.5. The highest BCUT2D eigenvalue weighted by Gasteiger charge is 2.22. The van der Waals surface area contributed by atoms with Gasteiger partial charge < -0.3 is 0 Å². The summed E-state index contributed by atoms with van der Waals surface area (Å²) in [5.41, 5.74) is 4.77. The predicted molar refractivity (Wildman–Crippen MR) is 84.0 cm³/mol. The second-order valence-corrected chi connectivity index (χ2v) is 5.55. The van der Waals surface area contributed by atoms with Crippen molar-refractivity contribution in [1.82, 2.24) is 15.4 Å². The van der Waals surface area contributed by atoms with Gasteiger partial charge in [-0.1, -0.05) is 41.9 Å². The van der Waals surface area contributed by atoms with Gasteiger partial charge >= 0.3 is 0 Å². The van der Waals surface area contributed by atoms with Gasteiger partial charge in [-0.05, 0) is 29.3 Å². The Labute approximate surface area is 131 Å². The Morgan fingerprint density at radius 1 is 1.00 bits per heavy atom. The molecule has 0 saturated carbocycles. The fourth-order valence-electron chi connectivity index (χ4n) is 2.80. The number of halogens is 2. The molecule has 2 aromatic carbocycles. The summed E-state index contributed by atoms with van der Waals surface area (Å²) in [5.74, 6) is -0.256. The third-order valence-electron chi connectivity index (χ3n) is 3.81. The van der Waals surface area contributed by atoms with Crippen LogP contribution in [0, 0.1) is 5.82 Å². The first-order chi connectivity index (χ1) is 10.7. The smallest absolute Gasteiger partial charge is 0.131 e. The molecular formula is C17H11ClFN3. The van der Waals surface area contributed by atoms with Gasteiger partial charge in [0.15, 0.2) is 0 Å². The van der Waals surface area contributed by atoms with Crippen LogP contribution in [-0.2, 0) is 6.42 Å². The van der Waals surface area contributed by atoms with E-state index in [1.54, 1.807) is 12.1 Å². The monoisotopic (exact) mass is 311 g/mol. The first-order valence-electron chi connectivity index (χ1n) is 6.89. The lowest BCUT2D eigenvalue weighted by atomic mass is 9.93. The van der Waals surface area contributed by atoms with Crippen LogP contribution in [0.15, 0.2) is 48.5 Å². The third kappa shape index (κ3) is 2.04. The number of aromatic nitrogens is 3. The van der Waals surface area contributed by atoms with Crippen molar-refractivity contribution >= 4 is 17.2 Å².